The third kappa shape index (κ3) is 7.25. The Morgan fingerprint density at radius 3 is 2.00 bits per heavy atom. The van der Waals surface area contributed by atoms with Crippen molar-refractivity contribution in [2.45, 2.75) is 45.8 Å². The lowest BCUT2D eigenvalue weighted by molar-refractivity contribution is 0.102. The van der Waals surface area contributed by atoms with Crippen molar-refractivity contribution in [1.82, 2.24) is 0 Å². The molecule has 0 amide bonds. The lowest BCUT2D eigenvalue weighted by atomic mass is 10.0. The molecule has 0 heterocycles. The molecule has 0 radical (unpaired) electrons. The van der Waals surface area contributed by atoms with Crippen LogP contribution in [0.5, 0.6) is 0 Å². The Hall–Kier alpha value is -0.170. The fourth-order valence-corrected chi connectivity index (χ4v) is 1.69. The van der Waals surface area contributed by atoms with E-state index in [1.165, 1.54) is 0 Å². The first-order valence-electron chi connectivity index (χ1n) is 4.56. The van der Waals surface area contributed by atoms with Gasteiger partial charge in [0, 0.05) is 0 Å². The highest BCUT2D eigenvalue weighted by atomic mass is 32.3. The molecule has 0 bridgehead atoms. The maximum Gasteiger partial charge on any atom is 0.397 e. The minimum Gasteiger partial charge on any atom is -0.393 e. The van der Waals surface area contributed by atoms with Gasteiger partial charge in [0.05, 0.1) is 12.2 Å². The maximum atomic E-state index is 10.5. The summed E-state index contributed by atoms with van der Waals surface area (Å²) in [5.74, 6) is -0.0318. The largest absolute Gasteiger partial charge is 0.397 e. The van der Waals surface area contributed by atoms with E-state index in [-0.39, 0.29) is 5.92 Å². The SMILES string of the molecule is CC(C)[C@H](CC[C@H](C)O)OS(=O)(=O)O. The summed E-state index contributed by atoms with van der Waals surface area (Å²) in [6, 6.07) is 0. The molecule has 0 aromatic carbocycles. The predicted molar refractivity (Wildman–Crippen MR) is 52.2 cm³/mol. The summed E-state index contributed by atoms with van der Waals surface area (Å²) in [4.78, 5) is 0. The Kier molecular flexibility index (Phi) is 5.58. The van der Waals surface area contributed by atoms with Gasteiger partial charge in [-0.2, -0.15) is 8.42 Å². The third-order valence-corrected chi connectivity index (χ3v) is 2.35. The van der Waals surface area contributed by atoms with Gasteiger partial charge in [-0.1, -0.05) is 13.8 Å². The van der Waals surface area contributed by atoms with E-state index in [1.54, 1.807) is 20.8 Å². The molecule has 86 valence electrons. The van der Waals surface area contributed by atoms with Crippen LogP contribution in [0, 0.1) is 5.92 Å². The van der Waals surface area contributed by atoms with Gasteiger partial charge in [0.25, 0.3) is 0 Å². The van der Waals surface area contributed by atoms with Gasteiger partial charge in [-0.15, -0.1) is 0 Å². The van der Waals surface area contributed by atoms with Crippen molar-refractivity contribution in [2.24, 2.45) is 5.92 Å². The zero-order chi connectivity index (χ0) is 11.4. The minimum absolute atomic E-state index is 0.0318. The van der Waals surface area contributed by atoms with Gasteiger partial charge in [-0.3, -0.25) is 4.55 Å². The molecular formula is C8H18O5S. The molecule has 0 aliphatic rings. The van der Waals surface area contributed by atoms with E-state index in [0.29, 0.717) is 12.8 Å². The Labute approximate surface area is 85.0 Å². The van der Waals surface area contributed by atoms with Gasteiger partial charge < -0.3 is 5.11 Å². The Balaban J connectivity index is 4.17. The van der Waals surface area contributed by atoms with Crippen LogP contribution >= 0.6 is 0 Å². The molecular weight excluding hydrogens is 208 g/mol. The zero-order valence-corrected chi connectivity index (χ0v) is 9.49. The molecule has 0 aliphatic carbocycles. The fourth-order valence-electron chi connectivity index (χ4n) is 1.05. The van der Waals surface area contributed by atoms with Crippen molar-refractivity contribution in [3.63, 3.8) is 0 Å². The molecule has 0 saturated heterocycles. The number of rotatable bonds is 6. The van der Waals surface area contributed by atoms with Crippen LogP contribution in [0.1, 0.15) is 33.6 Å². The number of hydrogen-bond donors (Lipinski definition) is 2. The van der Waals surface area contributed by atoms with Crippen molar-refractivity contribution >= 4 is 10.4 Å². The lowest BCUT2D eigenvalue weighted by Crippen LogP contribution is -2.24. The second-order valence-corrected chi connectivity index (χ2v) is 4.78. The van der Waals surface area contributed by atoms with E-state index in [2.05, 4.69) is 4.18 Å². The Morgan fingerprint density at radius 2 is 1.71 bits per heavy atom. The smallest absolute Gasteiger partial charge is 0.393 e. The van der Waals surface area contributed by atoms with E-state index in [1.807, 2.05) is 0 Å². The summed E-state index contributed by atoms with van der Waals surface area (Å²) in [5, 5.41) is 9.01. The number of hydrogen-bond acceptors (Lipinski definition) is 4. The minimum atomic E-state index is -4.40. The van der Waals surface area contributed by atoms with Crippen LogP contribution in [0.15, 0.2) is 0 Å². The molecule has 0 unspecified atom stereocenters. The van der Waals surface area contributed by atoms with Crippen molar-refractivity contribution in [3.05, 3.63) is 0 Å². The maximum absolute atomic E-state index is 10.5. The van der Waals surface area contributed by atoms with Crippen LogP contribution in [-0.2, 0) is 14.6 Å². The summed E-state index contributed by atoms with van der Waals surface area (Å²) in [5.41, 5.74) is 0. The van der Waals surface area contributed by atoms with Gasteiger partial charge in [-0.25, -0.2) is 4.18 Å². The molecule has 5 nitrogen and oxygen atoms in total. The molecule has 6 heteroatoms. The second kappa shape index (κ2) is 5.65. The summed E-state index contributed by atoms with van der Waals surface area (Å²) in [7, 11) is -4.40. The number of aliphatic hydroxyl groups excluding tert-OH is 1. The first-order chi connectivity index (χ1) is 6.22. The molecule has 0 rings (SSSR count). The van der Waals surface area contributed by atoms with Crippen molar-refractivity contribution in [1.29, 1.82) is 0 Å². The van der Waals surface area contributed by atoms with Crippen LogP contribution < -0.4 is 0 Å². The molecule has 0 fully saturated rings. The van der Waals surface area contributed by atoms with Gasteiger partial charge in [-0.05, 0) is 25.7 Å². The van der Waals surface area contributed by atoms with E-state index in [9.17, 15) is 8.42 Å². The Bertz CT molecular complexity index is 244. The topological polar surface area (TPSA) is 83.8 Å². The monoisotopic (exact) mass is 226 g/mol. The summed E-state index contributed by atoms with van der Waals surface area (Å²) < 4.78 is 33.9. The van der Waals surface area contributed by atoms with E-state index >= 15 is 0 Å². The van der Waals surface area contributed by atoms with Crippen LogP contribution in [-0.4, -0.2) is 30.3 Å². The molecule has 2 atom stereocenters. The van der Waals surface area contributed by atoms with Gasteiger partial charge in [0.2, 0.25) is 0 Å². The molecule has 2 N–H and O–H groups in total. The van der Waals surface area contributed by atoms with Crippen LogP contribution in [0.3, 0.4) is 0 Å². The highest BCUT2D eigenvalue weighted by Crippen LogP contribution is 2.16. The van der Waals surface area contributed by atoms with E-state index < -0.39 is 22.6 Å². The van der Waals surface area contributed by atoms with Gasteiger partial charge in [0.15, 0.2) is 0 Å². The van der Waals surface area contributed by atoms with Crippen LogP contribution in [0.2, 0.25) is 0 Å². The number of aliphatic hydroxyl groups is 1. The zero-order valence-electron chi connectivity index (χ0n) is 8.67. The lowest BCUT2D eigenvalue weighted by Gasteiger charge is -2.19. The molecule has 0 aliphatic heterocycles. The first-order valence-corrected chi connectivity index (χ1v) is 5.92. The van der Waals surface area contributed by atoms with Gasteiger partial charge in [0.1, 0.15) is 0 Å². The summed E-state index contributed by atoms with van der Waals surface area (Å²) >= 11 is 0. The molecule has 0 aromatic heterocycles. The van der Waals surface area contributed by atoms with Crippen LogP contribution in [0.4, 0.5) is 0 Å². The quantitative estimate of drug-likeness (QED) is 0.660. The van der Waals surface area contributed by atoms with Crippen LogP contribution in [0.25, 0.3) is 0 Å². The van der Waals surface area contributed by atoms with Gasteiger partial charge >= 0.3 is 10.4 Å². The molecule has 0 saturated carbocycles. The standard InChI is InChI=1S/C8H18O5S/c1-6(2)8(5-4-7(3)9)13-14(10,11)12/h6-9H,4-5H2,1-3H3,(H,10,11,12)/t7-,8-/m0/s1. The highest BCUT2D eigenvalue weighted by Gasteiger charge is 2.20. The summed E-state index contributed by atoms with van der Waals surface area (Å²) in [6.45, 7) is 5.20. The predicted octanol–water partition coefficient (Wildman–Crippen LogP) is 0.991. The molecule has 0 aromatic rings. The van der Waals surface area contributed by atoms with E-state index in [4.69, 9.17) is 9.66 Å². The highest BCUT2D eigenvalue weighted by molar-refractivity contribution is 7.80. The molecule has 14 heavy (non-hydrogen) atoms. The van der Waals surface area contributed by atoms with Crippen molar-refractivity contribution in [2.75, 3.05) is 0 Å². The van der Waals surface area contributed by atoms with Crippen molar-refractivity contribution in [3.8, 4) is 0 Å². The van der Waals surface area contributed by atoms with Crippen molar-refractivity contribution < 1.29 is 22.3 Å². The third-order valence-electron chi connectivity index (χ3n) is 1.86. The average molecular weight is 226 g/mol. The summed E-state index contributed by atoms with van der Waals surface area (Å²) in [6.07, 6.45) is -0.242. The second-order valence-electron chi connectivity index (χ2n) is 3.73. The first kappa shape index (κ1) is 13.8. The van der Waals surface area contributed by atoms with E-state index in [0.717, 1.165) is 0 Å². The normalized spacial score (nSPS) is 17.0. The Morgan fingerprint density at radius 1 is 1.21 bits per heavy atom. The fraction of sp³-hybridized carbons (Fsp3) is 1.00. The average Bonchev–Trinajstić information content (AvgIpc) is 1.94. The molecule has 0 spiro atoms.